The molecule has 3 N–H and O–H groups in total. The molecule has 2 rings (SSSR count). The fourth-order valence-electron chi connectivity index (χ4n) is 3.24. The van der Waals surface area contributed by atoms with E-state index in [0.717, 1.165) is 69.1 Å². The van der Waals surface area contributed by atoms with Gasteiger partial charge in [0.25, 0.3) is 0 Å². The number of likely N-dealkylation sites (tertiary alicyclic amines) is 1. The van der Waals surface area contributed by atoms with E-state index in [0.29, 0.717) is 18.9 Å². The van der Waals surface area contributed by atoms with E-state index in [2.05, 4.69) is 20.9 Å². The minimum absolute atomic E-state index is 0.0151. The Morgan fingerprint density at radius 2 is 1.90 bits per heavy atom. The van der Waals surface area contributed by atoms with Crippen molar-refractivity contribution < 1.29 is 9.59 Å². The summed E-state index contributed by atoms with van der Waals surface area (Å²) < 4.78 is 0. The van der Waals surface area contributed by atoms with Gasteiger partial charge in [-0.1, -0.05) is 32.4 Å². The average molecular weight is 416 g/mol. The molecule has 0 bridgehead atoms. The highest BCUT2D eigenvalue weighted by atomic mass is 16.2. The van der Waals surface area contributed by atoms with Crippen LogP contribution in [0.4, 0.5) is 5.69 Å². The van der Waals surface area contributed by atoms with Gasteiger partial charge in [-0.15, -0.1) is 0 Å². The third-order valence-corrected chi connectivity index (χ3v) is 5.08. The van der Waals surface area contributed by atoms with Gasteiger partial charge in [-0.2, -0.15) is 0 Å². The van der Waals surface area contributed by atoms with Crippen molar-refractivity contribution in [2.75, 3.05) is 31.5 Å². The maximum absolute atomic E-state index is 12.1. The second-order valence-electron chi connectivity index (χ2n) is 8.01. The molecule has 1 aliphatic heterocycles. The maximum Gasteiger partial charge on any atom is 0.226 e. The van der Waals surface area contributed by atoms with Crippen molar-refractivity contribution in [2.45, 2.75) is 59.4 Å². The van der Waals surface area contributed by atoms with E-state index in [9.17, 15) is 9.59 Å². The van der Waals surface area contributed by atoms with E-state index in [-0.39, 0.29) is 11.8 Å². The van der Waals surface area contributed by atoms with Crippen LogP contribution in [0, 0.1) is 5.92 Å². The molecule has 0 aliphatic carbocycles. The number of guanidine groups is 1. The normalized spacial score (nSPS) is 15.1. The number of carbonyl (C=O) groups is 2. The Labute approximate surface area is 180 Å². The number of rotatable bonds is 9. The van der Waals surface area contributed by atoms with Gasteiger partial charge in [0.2, 0.25) is 11.8 Å². The lowest BCUT2D eigenvalue weighted by Gasteiger charge is -2.20. The standard InChI is InChI=1S/C23H37N5O2/c1-4-24-23(25-14-8-16-28-15-7-5-6-9-21(28)29)26-17-19-10-12-20(13-11-19)27-22(30)18(2)3/h10-13,18H,4-9,14-17H2,1-3H3,(H,27,30)(H2,24,25,26). The third kappa shape index (κ3) is 8.43. The summed E-state index contributed by atoms with van der Waals surface area (Å²) in [5.74, 6) is 1.04. The van der Waals surface area contributed by atoms with Crippen LogP contribution in [0.3, 0.4) is 0 Å². The van der Waals surface area contributed by atoms with Gasteiger partial charge < -0.3 is 20.9 Å². The smallest absolute Gasteiger partial charge is 0.226 e. The van der Waals surface area contributed by atoms with E-state index < -0.39 is 0 Å². The molecule has 1 aromatic rings. The van der Waals surface area contributed by atoms with Gasteiger partial charge >= 0.3 is 0 Å². The van der Waals surface area contributed by atoms with Gasteiger partial charge in [0.1, 0.15) is 0 Å². The molecule has 0 aromatic heterocycles. The van der Waals surface area contributed by atoms with Crippen LogP contribution in [0.2, 0.25) is 0 Å². The Morgan fingerprint density at radius 1 is 1.13 bits per heavy atom. The summed E-state index contributed by atoms with van der Waals surface area (Å²) in [6.45, 7) is 9.60. The molecule has 1 saturated heterocycles. The van der Waals surface area contributed by atoms with Crippen LogP contribution in [0.5, 0.6) is 0 Å². The quantitative estimate of drug-likeness (QED) is 0.329. The molecule has 30 heavy (non-hydrogen) atoms. The summed E-state index contributed by atoms with van der Waals surface area (Å²) >= 11 is 0. The number of hydrogen-bond donors (Lipinski definition) is 3. The van der Waals surface area contributed by atoms with Crippen LogP contribution in [-0.2, 0) is 16.1 Å². The molecular formula is C23H37N5O2. The monoisotopic (exact) mass is 415 g/mol. The topological polar surface area (TPSA) is 85.8 Å². The number of anilines is 1. The lowest BCUT2D eigenvalue weighted by Crippen LogP contribution is -2.39. The Kier molecular flexibility index (Phi) is 10.2. The summed E-state index contributed by atoms with van der Waals surface area (Å²) in [5.41, 5.74) is 1.87. The molecule has 0 unspecified atom stereocenters. The first-order valence-corrected chi connectivity index (χ1v) is 11.2. The molecule has 0 saturated carbocycles. The van der Waals surface area contributed by atoms with E-state index in [1.54, 1.807) is 0 Å². The molecule has 0 spiro atoms. The summed E-state index contributed by atoms with van der Waals surface area (Å²) in [7, 11) is 0. The lowest BCUT2D eigenvalue weighted by molar-refractivity contribution is -0.130. The third-order valence-electron chi connectivity index (χ3n) is 5.08. The van der Waals surface area contributed by atoms with E-state index >= 15 is 0 Å². The zero-order valence-electron chi connectivity index (χ0n) is 18.7. The molecular weight excluding hydrogens is 378 g/mol. The summed E-state index contributed by atoms with van der Waals surface area (Å²) in [6.07, 6.45) is 4.89. The van der Waals surface area contributed by atoms with Gasteiger partial charge in [-0.05, 0) is 43.9 Å². The zero-order valence-corrected chi connectivity index (χ0v) is 18.7. The molecule has 0 radical (unpaired) electrons. The minimum Gasteiger partial charge on any atom is -0.357 e. The fourth-order valence-corrected chi connectivity index (χ4v) is 3.24. The summed E-state index contributed by atoms with van der Waals surface area (Å²) in [4.78, 5) is 30.5. The van der Waals surface area contributed by atoms with Crippen molar-refractivity contribution in [3.63, 3.8) is 0 Å². The highest BCUT2D eigenvalue weighted by Gasteiger charge is 2.15. The first-order valence-electron chi connectivity index (χ1n) is 11.2. The zero-order chi connectivity index (χ0) is 21.8. The number of carbonyl (C=O) groups excluding carboxylic acids is 2. The minimum atomic E-state index is -0.0412. The Bertz CT molecular complexity index is 700. The molecule has 0 atom stereocenters. The van der Waals surface area contributed by atoms with Gasteiger partial charge in [0.15, 0.2) is 5.96 Å². The van der Waals surface area contributed by atoms with Gasteiger partial charge in [0, 0.05) is 44.2 Å². The molecule has 1 aromatic carbocycles. The van der Waals surface area contributed by atoms with Crippen LogP contribution >= 0.6 is 0 Å². The SMILES string of the molecule is CCNC(=NCc1ccc(NC(=O)C(C)C)cc1)NCCCN1CCCCCC1=O. The van der Waals surface area contributed by atoms with E-state index in [1.165, 1.54) is 0 Å². The highest BCUT2D eigenvalue weighted by Crippen LogP contribution is 2.12. The molecule has 2 amide bonds. The number of benzene rings is 1. The van der Waals surface area contributed by atoms with Crippen molar-refractivity contribution >= 4 is 23.5 Å². The fraction of sp³-hybridized carbons (Fsp3) is 0.609. The summed E-state index contributed by atoms with van der Waals surface area (Å²) in [5, 5.41) is 9.51. The highest BCUT2D eigenvalue weighted by molar-refractivity contribution is 5.92. The number of nitrogens with one attached hydrogen (secondary N) is 3. The van der Waals surface area contributed by atoms with Crippen LogP contribution < -0.4 is 16.0 Å². The van der Waals surface area contributed by atoms with Crippen molar-refractivity contribution in [2.24, 2.45) is 10.9 Å². The average Bonchev–Trinajstić information content (AvgIpc) is 2.94. The van der Waals surface area contributed by atoms with Crippen LogP contribution in [0.1, 0.15) is 58.4 Å². The molecule has 7 heteroatoms. The van der Waals surface area contributed by atoms with Gasteiger partial charge in [-0.3, -0.25) is 9.59 Å². The molecule has 166 valence electrons. The van der Waals surface area contributed by atoms with E-state index in [4.69, 9.17) is 0 Å². The van der Waals surface area contributed by atoms with Crippen LogP contribution in [0.15, 0.2) is 29.3 Å². The van der Waals surface area contributed by atoms with Crippen LogP contribution in [-0.4, -0.2) is 48.9 Å². The molecule has 1 aliphatic rings. The number of amides is 2. The first-order chi connectivity index (χ1) is 14.5. The van der Waals surface area contributed by atoms with Gasteiger partial charge in [0.05, 0.1) is 6.54 Å². The molecule has 1 fully saturated rings. The van der Waals surface area contributed by atoms with Crippen molar-refractivity contribution in [1.82, 2.24) is 15.5 Å². The first kappa shape index (κ1) is 23.7. The van der Waals surface area contributed by atoms with Crippen molar-refractivity contribution in [3.8, 4) is 0 Å². The predicted molar refractivity (Wildman–Crippen MR) is 122 cm³/mol. The summed E-state index contributed by atoms with van der Waals surface area (Å²) in [6, 6.07) is 7.77. The van der Waals surface area contributed by atoms with E-state index in [1.807, 2.05) is 49.9 Å². The van der Waals surface area contributed by atoms with Crippen LogP contribution in [0.25, 0.3) is 0 Å². The van der Waals surface area contributed by atoms with Crippen molar-refractivity contribution in [3.05, 3.63) is 29.8 Å². The second kappa shape index (κ2) is 12.9. The second-order valence-corrected chi connectivity index (χ2v) is 8.01. The van der Waals surface area contributed by atoms with Gasteiger partial charge in [-0.25, -0.2) is 4.99 Å². The lowest BCUT2D eigenvalue weighted by atomic mass is 10.2. The number of aliphatic imine (C=N–C) groups is 1. The maximum atomic E-state index is 12.1. The molecule has 7 nitrogen and oxygen atoms in total. The molecule has 1 heterocycles. The van der Waals surface area contributed by atoms with Crippen molar-refractivity contribution in [1.29, 1.82) is 0 Å². The largest absolute Gasteiger partial charge is 0.357 e. The Morgan fingerprint density at radius 3 is 2.60 bits per heavy atom. The Hall–Kier alpha value is -2.57. The number of nitrogens with zero attached hydrogens (tertiary/aromatic N) is 2. The Balaban J connectivity index is 1.79. The predicted octanol–water partition coefficient (Wildman–Crippen LogP) is 3.13. The number of hydrogen-bond acceptors (Lipinski definition) is 3.